The van der Waals surface area contributed by atoms with Crippen LogP contribution in [-0.2, 0) is 22.4 Å². The summed E-state index contributed by atoms with van der Waals surface area (Å²) < 4.78 is 116. The van der Waals surface area contributed by atoms with Gasteiger partial charge >= 0.3 is 12.4 Å². The first-order valence-corrected chi connectivity index (χ1v) is 7.86. The Labute approximate surface area is 137 Å². The molecule has 1 N–H and O–H groups in total. The molecule has 25 heavy (non-hydrogen) atoms. The highest BCUT2D eigenvalue weighted by molar-refractivity contribution is 7.92. The minimum Gasteiger partial charge on any atom is -0.277 e. The molecule has 0 aromatic heterocycles. The van der Waals surface area contributed by atoms with Crippen LogP contribution in [0.4, 0.5) is 36.4 Å². The number of hydrogen-bond donors (Lipinski definition) is 1. The van der Waals surface area contributed by atoms with Crippen LogP contribution in [0, 0.1) is 5.82 Å². The van der Waals surface area contributed by atoms with E-state index in [2.05, 4.69) is 0 Å². The van der Waals surface area contributed by atoms with Gasteiger partial charge < -0.3 is 0 Å². The van der Waals surface area contributed by atoms with Gasteiger partial charge in [0.15, 0.2) is 0 Å². The van der Waals surface area contributed by atoms with Gasteiger partial charge in [-0.15, -0.1) is 0 Å². The summed E-state index contributed by atoms with van der Waals surface area (Å²) in [7, 11) is -4.89. The number of nitrogens with one attached hydrogen (secondary N) is 1. The zero-order chi connectivity index (χ0) is 19.0. The highest BCUT2D eigenvalue weighted by Gasteiger charge is 2.38. The lowest BCUT2D eigenvalue weighted by Crippen LogP contribution is -2.18. The summed E-state index contributed by atoms with van der Waals surface area (Å²) in [5, 5.41) is 0. The molecule has 0 amide bonds. The second-order valence-electron chi connectivity index (χ2n) is 4.83. The summed E-state index contributed by atoms with van der Waals surface area (Å²) in [6.45, 7) is 0. The largest absolute Gasteiger partial charge is 0.416 e. The Morgan fingerprint density at radius 3 is 1.72 bits per heavy atom. The molecule has 3 nitrogen and oxygen atoms in total. The highest BCUT2D eigenvalue weighted by Crippen LogP contribution is 2.37. The predicted molar refractivity (Wildman–Crippen MR) is 73.7 cm³/mol. The van der Waals surface area contributed by atoms with Crippen molar-refractivity contribution in [1.82, 2.24) is 0 Å². The fourth-order valence-corrected chi connectivity index (χ4v) is 2.97. The Bertz CT molecular complexity index is 857. The zero-order valence-electron chi connectivity index (χ0n) is 11.9. The summed E-state index contributed by atoms with van der Waals surface area (Å²) in [5.41, 5.74) is -4.21. The number of rotatable bonds is 3. The maximum absolute atomic E-state index is 13.5. The van der Waals surface area contributed by atoms with Crippen LogP contribution >= 0.6 is 0 Å². The van der Waals surface area contributed by atoms with Gasteiger partial charge in [0.25, 0.3) is 10.0 Å². The Hall–Kier alpha value is -2.30. The predicted octanol–water partition coefficient (Wildman–Crippen LogP) is 4.66. The summed E-state index contributed by atoms with van der Waals surface area (Å²) in [5.74, 6) is -1.05. The third kappa shape index (κ3) is 4.41. The molecule has 0 atom stereocenters. The van der Waals surface area contributed by atoms with Crippen LogP contribution in [0.5, 0.6) is 0 Å². The van der Waals surface area contributed by atoms with E-state index in [0.717, 1.165) is 12.1 Å². The van der Waals surface area contributed by atoms with Crippen LogP contribution in [0.25, 0.3) is 0 Å². The van der Waals surface area contributed by atoms with Crippen molar-refractivity contribution >= 4 is 15.7 Å². The average Bonchev–Trinajstić information content (AvgIpc) is 2.47. The maximum atomic E-state index is 13.5. The van der Waals surface area contributed by atoms with Crippen molar-refractivity contribution in [1.29, 1.82) is 0 Å². The zero-order valence-corrected chi connectivity index (χ0v) is 12.7. The molecule has 0 fully saturated rings. The molecule has 2 aromatic carbocycles. The van der Waals surface area contributed by atoms with E-state index in [4.69, 9.17) is 0 Å². The van der Waals surface area contributed by atoms with Crippen LogP contribution in [0.15, 0.2) is 47.4 Å². The van der Waals surface area contributed by atoms with Crippen LogP contribution in [0.2, 0.25) is 0 Å². The van der Waals surface area contributed by atoms with E-state index in [-0.39, 0.29) is 18.2 Å². The molecule has 0 aliphatic carbocycles. The Morgan fingerprint density at radius 2 is 1.28 bits per heavy atom. The number of para-hydroxylation sites is 1. The lowest BCUT2D eigenvalue weighted by Gasteiger charge is -2.15. The smallest absolute Gasteiger partial charge is 0.277 e. The van der Waals surface area contributed by atoms with E-state index in [1.807, 2.05) is 0 Å². The van der Waals surface area contributed by atoms with E-state index in [9.17, 15) is 39.2 Å². The summed E-state index contributed by atoms with van der Waals surface area (Å²) in [6, 6.07) is 4.16. The number of sulfonamides is 1. The van der Waals surface area contributed by atoms with Gasteiger partial charge in [0, 0.05) is 0 Å². The van der Waals surface area contributed by atoms with Gasteiger partial charge in [0.2, 0.25) is 0 Å². The summed E-state index contributed by atoms with van der Waals surface area (Å²) in [6.07, 6.45) is -10.4. The molecule has 0 saturated heterocycles. The number of halogens is 7. The molecule has 0 radical (unpaired) electrons. The van der Waals surface area contributed by atoms with Gasteiger partial charge in [-0.25, -0.2) is 12.8 Å². The van der Waals surface area contributed by atoms with Gasteiger partial charge in [-0.1, -0.05) is 12.1 Å². The molecule has 2 aromatic rings. The minimum absolute atomic E-state index is 0.0401. The fraction of sp³-hybridized carbons (Fsp3) is 0.143. The second-order valence-corrected chi connectivity index (χ2v) is 6.51. The lowest BCUT2D eigenvalue weighted by atomic mass is 10.1. The molecular formula is C14H8F7NO2S. The first-order valence-electron chi connectivity index (χ1n) is 6.37. The van der Waals surface area contributed by atoms with Crippen molar-refractivity contribution in [3.8, 4) is 0 Å². The summed E-state index contributed by atoms with van der Waals surface area (Å²) >= 11 is 0. The molecule has 0 bridgehead atoms. The summed E-state index contributed by atoms with van der Waals surface area (Å²) in [4.78, 5) is -1.29. The maximum Gasteiger partial charge on any atom is 0.416 e. The van der Waals surface area contributed by atoms with Crippen molar-refractivity contribution in [2.75, 3.05) is 4.72 Å². The van der Waals surface area contributed by atoms with E-state index in [1.165, 1.54) is 12.1 Å². The molecule has 11 heteroatoms. The Kier molecular flexibility index (Phi) is 4.73. The third-order valence-electron chi connectivity index (χ3n) is 2.99. The van der Waals surface area contributed by atoms with E-state index in [0.29, 0.717) is 0 Å². The standard InChI is InChI=1S/C14H8F7NO2S/c15-11-3-1-2-4-12(11)22-25(23,24)10-6-8(13(16,17)18)5-9(7-10)14(19,20)21/h1-7,22H. The molecule has 2 rings (SSSR count). The van der Waals surface area contributed by atoms with Gasteiger partial charge in [0.1, 0.15) is 5.82 Å². The molecule has 0 heterocycles. The number of hydrogen-bond acceptors (Lipinski definition) is 2. The normalized spacial score (nSPS) is 12.9. The van der Waals surface area contributed by atoms with Gasteiger partial charge in [0.05, 0.1) is 21.7 Å². The average molecular weight is 387 g/mol. The second kappa shape index (κ2) is 6.21. The first-order chi connectivity index (χ1) is 11.3. The van der Waals surface area contributed by atoms with Gasteiger partial charge in [-0.2, -0.15) is 26.3 Å². The Morgan fingerprint density at radius 1 is 0.800 bits per heavy atom. The fourth-order valence-electron chi connectivity index (χ4n) is 1.83. The van der Waals surface area contributed by atoms with Crippen molar-refractivity contribution in [3.63, 3.8) is 0 Å². The Balaban J connectivity index is 2.58. The van der Waals surface area contributed by atoms with E-state index in [1.54, 1.807) is 4.72 Å². The van der Waals surface area contributed by atoms with Crippen LogP contribution in [0.1, 0.15) is 11.1 Å². The van der Waals surface area contributed by atoms with Gasteiger partial charge in [-0.05, 0) is 30.3 Å². The monoisotopic (exact) mass is 387 g/mol. The van der Waals surface area contributed by atoms with Crippen LogP contribution < -0.4 is 4.72 Å². The van der Waals surface area contributed by atoms with Crippen molar-refractivity contribution in [3.05, 3.63) is 59.4 Å². The van der Waals surface area contributed by atoms with Gasteiger partial charge in [-0.3, -0.25) is 4.72 Å². The van der Waals surface area contributed by atoms with Crippen LogP contribution in [0.3, 0.4) is 0 Å². The van der Waals surface area contributed by atoms with Crippen LogP contribution in [-0.4, -0.2) is 8.42 Å². The van der Waals surface area contributed by atoms with Crippen molar-refractivity contribution < 1.29 is 39.2 Å². The lowest BCUT2D eigenvalue weighted by molar-refractivity contribution is -0.143. The molecule has 0 unspecified atom stereocenters. The van der Waals surface area contributed by atoms with E-state index >= 15 is 0 Å². The number of benzene rings is 2. The molecule has 0 saturated carbocycles. The molecule has 0 spiro atoms. The SMILES string of the molecule is O=S(=O)(Nc1ccccc1F)c1cc(C(F)(F)F)cc(C(F)(F)F)c1. The van der Waals surface area contributed by atoms with E-state index < -0.39 is 49.9 Å². The quantitative estimate of drug-likeness (QED) is 0.779. The van der Waals surface area contributed by atoms with Crippen molar-refractivity contribution in [2.45, 2.75) is 17.2 Å². The topological polar surface area (TPSA) is 46.2 Å². The molecule has 0 aliphatic heterocycles. The highest BCUT2D eigenvalue weighted by atomic mass is 32.2. The van der Waals surface area contributed by atoms with Crippen molar-refractivity contribution in [2.24, 2.45) is 0 Å². The molecule has 136 valence electrons. The number of anilines is 1. The third-order valence-corrected chi connectivity index (χ3v) is 4.33. The molecular weight excluding hydrogens is 379 g/mol. The number of alkyl halides is 6. The first kappa shape index (κ1) is 19.0. The minimum atomic E-state index is -5.20. The molecule has 0 aliphatic rings.